The number of fused-ring (bicyclic) bond motifs is 1. The quantitative estimate of drug-likeness (QED) is 0.918. The summed E-state index contributed by atoms with van der Waals surface area (Å²) in [6, 6.07) is 13.4. The minimum Gasteiger partial charge on any atom is -0.482 e. The monoisotopic (exact) mass is 352 g/mol. The van der Waals surface area contributed by atoms with Crippen LogP contribution in [0, 0.1) is 0 Å². The Hall–Kier alpha value is -2.82. The highest BCUT2D eigenvalue weighted by Crippen LogP contribution is 2.29. The molecule has 2 aromatic rings. The normalized spacial score (nSPS) is 13.5. The number of hydrogen-bond donors (Lipinski definition) is 1. The third-order valence-corrected chi connectivity index (χ3v) is 4.45. The lowest BCUT2D eigenvalue weighted by molar-refractivity contribution is -0.118. The highest BCUT2D eigenvalue weighted by molar-refractivity contribution is 5.98. The fourth-order valence-electron chi connectivity index (χ4n) is 2.88. The number of anilines is 1. The molecule has 5 heteroatoms. The SMILES string of the molecule is CN(Cc1ccc(C(C)(C)C)cc1)C(=O)c1ccc2c(c1)OCC(=O)N2. The predicted octanol–water partition coefficient (Wildman–Crippen LogP) is 3.59. The van der Waals surface area contributed by atoms with E-state index >= 15 is 0 Å². The molecule has 0 spiro atoms. The van der Waals surface area contributed by atoms with Crippen molar-refractivity contribution in [1.82, 2.24) is 4.90 Å². The smallest absolute Gasteiger partial charge is 0.262 e. The Morgan fingerprint density at radius 2 is 1.85 bits per heavy atom. The fraction of sp³-hybridized carbons (Fsp3) is 0.333. The van der Waals surface area contributed by atoms with Crippen LogP contribution in [-0.2, 0) is 16.8 Å². The van der Waals surface area contributed by atoms with Gasteiger partial charge in [-0.25, -0.2) is 0 Å². The zero-order valence-electron chi connectivity index (χ0n) is 15.6. The third-order valence-electron chi connectivity index (χ3n) is 4.45. The molecule has 0 radical (unpaired) electrons. The average Bonchev–Trinajstić information content (AvgIpc) is 2.60. The molecule has 0 fully saturated rings. The van der Waals surface area contributed by atoms with Gasteiger partial charge in [-0.3, -0.25) is 9.59 Å². The lowest BCUT2D eigenvalue weighted by Crippen LogP contribution is -2.28. The fourth-order valence-corrected chi connectivity index (χ4v) is 2.88. The van der Waals surface area contributed by atoms with Crippen molar-refractivity contribution in [3.05, 3.63) is 59.2 Å². The van der Waals surface area contributed by atoms with Crippen molar-refractivity contribution in [1.29, 1.82) is 0 Å². The highest BCUT2D eigenvalue weighted by Gasteiger charge is 2.20. The van der Waals surface area contributed by atoms with Gasteiger partial charge in [0.1, 0.15) is 5.75 Å². The second-order valence-electron chi connectivity index (χ2n) is 7.66. The summed E-state index contributed by atoms with van der Waals surface area (Å²) in [5.74, 6) is 0.249. The maximum atomic E-state index is 12.7. The molecule has 0 bridgehead atoms. The predicted molar refractivity (Wildman–Crippen MR) is 102 cm³/mol. The third kappa shape index (κ3) is 3.87. The van der Waals surface area contributed by atoms with E-state index in [4.69, 9.17) is 4.74 Å². The Balaban J connectivity index is 1.71. The molecular formula is C21H24N2O3. The Kier molecular flexibility index (Phi) is 4.72. The van der Waals surface area contributed by atoms with E-state index < -0.39 is 0 Å². The van der Waals surface area contributed by atoms with Gasteiger partial charge in [0.25, 0.3) is 11.8 Å². The summed E-state index contributed by atoms with van der Waals surface area (Å²) in [7, 11) is 1.78. The first-order chi connectivity index (χ1) is 12.2. The Bertz CT molecular complexity index is 835. The van der Waals surface area contributed by atoms with Crippen molar-refractivity contribution in [2.24, 2.45) is 0 Å². The lowest BCUT2D eigenvalue weighted by Gasteiger charge is -2.22. The molecule has 1 heterocycles. The molecule has 1 N–H and O–H groups in total. The Morgan fingerprint density at radius 1 is 1.15 bits per heavy atom. The molecule has 1 aliphatic heterocycles. The number of amides is 2. The largest absolute Gasteiger partial charge is 0.482 e. The van der Waals surface area contributed by atoms with Gasteiger partial charge >= 0.3 is 0 Å². The molecule has 3 rings (SSSR count). The number of nitrogens with zero attached hydrogens (tertiary/aromatic N) is 1. The van der Waals surface area contributed by atoms with Crippen LogP contribution in [0.3, 0.4) is 0 Å². The first kappa shape index (κ1) is 18.0. The molecule has 0 saturated carbocycles. The Labute approximate surface area is 154 Å². The highest BCUT2D eigenvalue weighted by atomic mass is 16.5. The lowest BCUT2D eigenvalue weighted by atomic mass is 9.87. The van der Waals surface area contributed by atoms with Gasteiger partial charge in [-0.1, -0.05) is 45.0 Å². The molecule has 5 nitrogen and oxygen atoms in total. The maximum Gasteiger partial charge on any atom is 0.262 e. The van der Waals surface area contributed by atoms with E-state index in [-0.39, 0.29) is 23.8 Å². The molecule has 0 atom stereocenters. The van der Waals surface area contributed by atoms with Crippen molar-refractivity contribution < 1.29 is 14.3 Å². The topological polar surface area (TPSA) is 58.6 Å². The van der Waals surface area contributed by atoms with Crippen LogP contribution < -0.4 is 10.1 Å². The van der Waals surface area contributed by atoms with Gasteiger partial charge in [-0.2, -0.15) is 0 Å². The summed E-state index contributed by atoms with van der Waals surface area (Å²) in [4.78, 5) is 25.7. The van der Waals surface area contributed by atoms with Gasteiger partial charge in [0, 0.05) is 19.2 Å². The number of hydrogen-bond acceptors (Lipinski definition) is 3. The summed E-state index contributed by atoms with van der Waals surface area (Å²) >= 11 is 0. The number of nitrogens with one attached hydrogen (secondary N) is 1. The second-order valence-corrected chi connectivity index (χ2v) is 7.66. The van der Waals surface area contributed by atoms with Gasteiger partial charge < -0.3 is 15.0 Å². The first-order valence-electron chi connectivity index (χ1n) is 8.65. The summed E-state index contributed by atoms with van der Waals surface area (Å²) in [6.07, 6.45) is 0. The molecule has 2 aromatic carbocycles. The van der Waals surface area contributed by atoms with Crippen molar-refractivity contribution >= 4 is 17.5 Å². The average molecular weight is 352 g/mol. The standard InChI is InChI=1S/C21H24N2O3/c1-21(2,3)16-8-5-14(6-9-16)12-23(4)20(25)15-7-10-17-18(11-15)26-13-19(24)22-17/h5-11H,12-13H2,1-4H3,(H,22,24). The van der Waals surface area contributed by atoms with Gasteiger partial charge in [0.2, 0.25) is 0 Å². The summed E-state index contributed by atoms with van der Waals surface area (Å²) in [5, 5.41) is 2.72. The van der Waals surface area contributed by atoms with Crippen molar-refractivity contribution in [3.8, 4) is 5.75 Å². The molecule has 1 aliphatic rings. The van der Waals surface area contributed by atoms with Crippen LogP contribution in [0.1, 0.15) is 42.3 Å². The second kappa shape index (κ2) is 6.83. The van der Waals surface area contributed by atoms with Gasteiger partial charge in [-0.05, 0) is 34.7 Å². The number of carbonyl (C=O) groups is 2. The van der Waals surface area contributed by atoms with Gasteiger partial charge in [-0.15, -0.1) is 0 Å². The molecule has 136 valence electrons. The zero-order valence-corrected chi connectivity index (χ0v) is 15.6. The molecule has 0 saturated heterocycles. The van der Waals surface area contributed by atoms with Crippen LogP contribution in [0.5, 0.6) is 5.75 Å². The minimum absolute atomic E-state index is 0.0272. The molecule has 0 unspecified atom stereocenters. The van der Waals surface area contributed by atoms with Crippen LogP contribution in [0.4, 0.5) is 5.69 Å². The van der Waals surface area contributed by atoms with Crippen LogP contribution in [0.25, 0.3) is 0 Å². The number of benzene rings is 2. The van der Waals surface area contributed by atoms with Gasteiger partial charge in [0.15, 0.2) is 6.61 Å². The molecule has 0 aliphatic carbocycles. The van der Waals surface area contributed by atoms with E-state index in [9.17, 15) is 9.59 Å². The van der Waals surface area contributed by atoms with Crippen LogP contribution >= 0.6 is 0 Å². The van der Waals surface area contributed by atoms with E-state index in [2.05, 4.69) is 50.4 Å². The summed E-state index contributed by atoms with van der Waals surface area (Å²) in [6.45, 7) is 7.03. The maximum absolute atomic E-state index is 12.7. The van der Waals surface area contributed by atoms with Crippen LogP contribution in [0.15, 0.2) is 42.5 Å². The van der Waals surface area contributed by atoms with E-state index in [1.807, 2.05) is 0 Å². The minimum atomic E-state index is -0.188. The van der Waals surface area contributed by atoms with Crippen molar-refractivity contribution in [2.75, 3.05) is 19.0 Å². The first-order valence-corrected chi connectivity index (χ1v) is 8.65. The Morgan fingerprint density at radius 3 is 2.50 bits per heavy atom. The van der Waals surface area contributed by atoms with E-state index in [1.54, 1.807) is 30.1 Å². The number of ether oxygens (including phenoxy) is 1. The molecule has 2 amide bonds. The molecular weight excluding hydrogens is 328 g/mol. The van der Waals surface area contributed by atoms with E-state index in [0.29, 0.717) is 23.5 Å². The van der Waals surface area contributed by atoms with Gasteiger partial charge in [0.05, 0.1) is 5.69 Å². The molecule has 26 heavy (non-hydrogen) atoms. The van der Waals surface area contributed by atoms with Crippen molar-refractivity contribution in [2.45, 2.75) is 32.7 Å². The molecule has 0 aromatic heterocycles. The van der Waals surface area contributed by atoms with Crippen LogP contribution in [-0.4, -0.2) is 30.4 Å². The zero-order chi connectivity index (χ0) is 18.9. The van der Waals surface area contributed by atoms with E-state index in [1.165, 1.54) is 5.56 Å². The van der Waals surface area contributed by atoms with Crippen molar-refractivity contribution in [3.63, 3.8) is 0 Å². The number of rotatable bonds is 3. The summed E-state index contributed by atoms with van der Waals surface area (Å²) < 4.78 is 5.39. The summed E-state index contributed by atoms with van der Waals surface area (Å²) in [5.41, 5.74) is 3.59. The van der Waals surface area contributed by atoms with Crippen LogP contribution in [0.2, 0.25) is 0 Å². The van der Waals surface area contributed by atoms with E-state index in [0.717, 1.165) is 5.56 Å². The number of carbonyl (C=O) groups excluding carboxylic acids is 2.